The van der Waals surface area contributed by atoms with Crippen LogP contribution in [-0.2, 0) is 0 Å². The van der Waals surface area contributed by atoms with Crippen LogP contribution in [0, 0.1) is 11.3 Å². The van der Waals surface area contributed by atoms with Crippen molar-refractivity contribution >= 4 is 11.7 Å². The van der Waals surface area contributed by atoms with E-state index in [0.29, 0.717) is 18.7 Å². The number of benzene rings is 1. The number of amides is 2. The summed E-state index contributed by atoms with van der Waals surface area (Å²) in [7, 11) is 0. The van der Waals surface area contributed by atoms with E-state index in [1.54, 1.807) is 0 Å². The average Bonchev–Trinajstić information content (AvgIpc) is 2.39. The quantitative estimate of drug-likeness (QED) is 0.848. The fraction of sp³-hybridized carbons (Fsp3) is 0.385. The molecule has 1 rings (SSSR count). The molecule has 0 heterocycles. The van der Waals surface area contributed by atoms with Crippen molar-refractivity contribution in [3.63, 3.8) is 0 Å². The molecule has 8 heteroatoms. The smallest absolute Gasteiger partial charge is 0.406 e. The molecule has 0 saturated heterocycles. The van der Waals surface area contributed by atoms with Crippen molar-refractivity contribution in [3.8, 4) is 11.8 Å². The van der Waals surface area contributed by atoms with Gasteiger partial charge in [0, 0.05) is 12.2 Å². The number of hydrogen-bond donors (Lipinski definition) is 1. The topological polar surface area (TPSA) is 65.4 Å². The Morgan fingerprint density at radius 1 is 1.38 bits per heavy atom. The molecule has 0 saturated carbocycles. The van der Waals surface area contributed by atoms with E-state index in [2.05, 4.69) is 10.1 Å². The number of nitriles is 1. The third kappa shape index (κ3) is 6.03. The lowest BCUT2D eigenvalue weighted by molar-refractivity contribution is -0.274. The van der Waals surface area contributed by atoms with Gasteiger partial charge in [0.1, 0.15) is 12.3 Å². The Bertz CT molecular complexity index is 509. The van der Waals surface area contributed by atoms with E-state index in [9.17, 15) is 18.0 Å². The first-order valence-electron chi connectivity index (χ1n) is 6.14. The second-order valence-corrected chi connectivity index (χ2v) is 4.08. The lowest BCUT2D eigenvalue weighted by Crippen LogP contribution is -2.35. The largest absolute Gasteiger partial charge is 0.573 e. The van der Waals surface area contributed by atoms with Gasteiger partial charge in [-0.05, 0) is 30.7 Å². The highest BCUT2D eigenvalue weighted by molar-refractivity contribution is 5.89. The molecule has 114 valence electrons. The van der Waals surface area contributed by atoms with Crippen LogP contribution in [0.1, 0.15) is 13.3 Å². The number of urea groups is 1. The van der Waals surface area contributed by atoms with Gasteiger partial charge in [-0.25, -0.2) is 4.79 Å². The fourth-order valence-electron chi connectivity index (χ4n) is 1.55. The van der Waals surface area contributed by atoms with Crippen LogP contribution >= 0.6 is 0 Å². The van der Waals surface area contributed by atoms with Crippen LogP contribution in [0.4, 0.5) is 23.7 Å². The van der Waals surface area contributed by atoms with Crippen molar-refractivity contribution in [1.29, 1.82) is 5.26 Å². The number of carbonyl (C=O) groups excluding carboxylic acids is 1. The molecule has 0 bridgehead atoms. The molecule has 0 unspecified atom stereocenters. The molecule has 0 fully saturated rings. The van der Waals surface area contributed by atoms with E-state index in [1.807, 2.05) is 13.0 Å². The Labute approximate surface area is 119 Å². The summed E-state index contributed by atoms with van der Waals surface area (Å²) < 4.78 is 39.7. The van der Waals surface area contributed by atoms with Crippen molar-refractivity contribution in [1.82, 2.24) is 4.90 Å². The molecular formula is C13H14F3N3O2. The van der Waals surface area contributed by atoms with Crippen LogP contribution in [0.15, 0.2) is 24.3 Å². The average molecular weight is 301 g/mol. The summed E-state index contributed by atoms with van der Waals surface area (Å²) in [5.74, 6) is -0.372. The highest BCUT2D eigenvalue weighted by atomic mass is 19.4. The predicted octanol–water partition coefficient (Wildman–Crippen LogP) is 3.35. The van der Waals surface area contributed by atoms with Gasteiger partial charge < -0.3 is 15.0 Å². The molecule has 1 N–H and O–H groups in total. The van der Waals surface area contributed by atoms with Gasteiger partial charge in [-0.15, -0.1) is 13.2 Å². The van der Waals surface area contributed by atoms with Gasteiger partial charge in [-0.3, -0.25) is 0 Å². The maximum atomic E-state index is 12.0. The highest BCUT2D eigenvalue weighted by Crippen LogP contribution is 2.24. The van der Waals surface area contributed by atoms with E-state index < -0.39 is 12.4 Å². The van der Waals surface area contributed by atoms with E-state index >= 15 is 0 Å². The van der Waals surface area contributed by atoms with Crippen LogP contribution in [0.25, 0.3) is 0 Å². The van der Waals surface area contributed by atoms with Gasteiger partial charge in [-0.2, -0.15) is 5.26 Å². The maximum Gasteiger partial charge on any atom is 0.573 e. The van der Waals surface area contributed by atoms with Gasteiger partial charge in [0.25, 0.3) is 0 Å². The minimum atomic E-state index is -4.75. The third-order valence-corrected chi connectivity index (χ3v) is 2.38. The zero-order valence-corrected chi connectivity index (χ0v) is 11.3. The van der Waals surface area contributed by atoms with Crippen molar-refractivity contribution in [2.45, 2.75) is 19.7 Å². The van der Waals surface area contributed by atoms with Crippen molar-refractivity contribution in [2.24, 2.45) is 0 Å². The lowest BCUT2D eigenvalue weighted by atomic mass is 10.3. The van der Waals surface area contributed by atoms with E-state index in [-0.39, 0.29) is 12.3 Å². The number of hydrogen-bond acceptors (Lipinski definition) is 3. The van der Waals surface area contributed by atoms with Crippen LogP contribution < -0.4 is 10.1 Å². The zero-order chi connectivity index (χ0) is 15.9. The van der Waals surface area contributed by atoms with Crippen LogP contribution in [0.5, 0.6) is 5.75 Å². The number of carbonyl (C=O) groups is 1. The monoisotopic (exact) mass is 301 g/mol. The minimum absolute atomic E-state index is 0.0606. The third-order valence-electron chi connectivity index (χ3n) is 2.38. The van der Waals surface area contributed by atoms with E-state index in [1.165, 1.54) is 17.0 Å². The summed E-state index contributed by atoms with van der Waals surface area (Å²) in [6.07, 6.45) is -4.07. The fourth-order valence-corrected chi connectivity index (χ4v) is 1.55. The van der Waals surface area contributed by atoms with Crippen LogP contribution in [-0.4, -0.2) is 30.4 Å². The Morgan fingerprint density at radius 2 is 2.00 bits per heavy atom. The second-order valence-electron chi connectivity index (χ2n) is 4.08. The molecule has 1 aromatic rings. The van der Waals surface area contributed by atoms with Gasteiger partial charge in [0.15, 0.2) is 0 Å². The number of alkyl halides is 3. The Morgan fingerprint density at radius 3 is 2.48 bits per heavy atom. The molecule has 0 aromatic heterocycles. The van der Waals surface area contributed by atoms with E-state index in [4.69, 9.17) is 5.26 Å². The van der Waals surface area contributed by atoms with Crippen LogP contribution in [0.2, 0.25) is 0 Å². The number of halogens is 3. The first kappa shape index (κ1) is 16.6. The molecule has 2 amide bonds. The maximum absolute atomic E-state index is 12.0. The van der Waals surface area contributed by atoms with Crippen molar-refractivity contribution < 1.29 is 22.7 Å². The van der Waals surface area contributed by atoms with Gasteiger partial charge >= 0.3 is 12.4 Å². The van der Waals surface area contributed by atoms with Crippen LogP contribution in [0.3, 0.4) is 0 Å². The zero-order valence-electron chi connectivity index (χ0n) is 11.3. The SMILES string of the molecule is CCCN(CC#N)C(=O)Nc1ccc(OC(F)(F)F)cc1. The predicted molar refractivity (Wildman–Crippen MR) is 69.6 cm³/mol. The number of nitrogens with one attached hydrogen (secondary N) is 1. The summed E-state index contributed by atoms with van der Waals surface area (Å²) in [6, 6.07) is 6.15. The standard InChI is InChI=1S/C13H14F3N3O2/c1-2-8-19(9-7-17)12(20)18-10-3-5-11(6-4-10)21-13(14,15)16/h3-6H,2,8-9H2,1H3,(H,18,20). The molecule has 0 radical (unpaired) electrons. The highest BCUT2D eigenvalue weighted by Gasteiger charge is 2.30. The normalized spacial score (nSPS) is 10.6. The lowest BCUT2D eigenvalue weighted by Gasteiger charge is -2.19. The second kappa shape index (κ2) is 7.38. The molecule has 0 aliphatic rings. The minimum Gasteiger partial charge on any atom is -0.406 e. The number of nitrogens with zero attached hydrogens (tertiary/aromatic N) is 2. The van der Waals surface area contributed by atoms with Crippen molar-refractivity contribution in [3.05, 3.63) is 24.3 Å². The Balaban J connectivity index is 2.66. The molecule has 5 nitrogen and oxygen atoms in total. The van der Waals surface area contributed by atoms with Gasteiger partial charge in [0.05, 0.1) is 6.07 Å². The molecule has 0 atom stereocenters. The summed E-state index contributed by atoms with van der Waals surface area (Å²) in [5, 5.41) is 11.1. The molecule has 1 aromatic carbocycles. The molecule has 0 aliphatic carbocycles. The molecule has 0 aliphatic heterocycles. The number of anilines is 1. The van der Waals surface area contributed by atoms with Crippen molar-refractivity contribution in [2.75, 3.05) is 18.4 Å². The molecular weight excluding hydrogens is 287 g/mol. The number of rotatable bonds is 5. The molecule has 21 heavy (non-hydrogen) atoms. The first-order valence-corrected chi connectivity index (χ1v) is 6.14. The Kier molecular flexibility index (Phi) is 5.84. The summed E-state index contributed by atoms with van der Waals surface area (Å²) in [6.45, 7) is 2.21. The summed E-state index contributed by atoms with van der Waals surface area (Å²) in [5.41, 5.74) is 0.313. The van der Waals surface area contributed by atoms with Gasteiger partial charge in [0.2, 0.25) is 0 Å². The molecule has 0 spiro atoms. The Hall–Kier alpha value is -2.43. The van der Waals surface area contributed by atoms with E-state index in [0.717, 1.165) is 12.1 Å². The summed E-state index contributed by atoms with van der Waals surface area (Å²) >= 11 is 0. The van der Waals surface area contributed by atoms with Gasteiger partial charge in [-0.1, -0.05) is 6.92 Å². The number of ether oxygens (including phenoxy) is 1. The summed E-state index contributed by atoms with van der Waals surface area (Å²) in [4.78, 5) is 13.2. The first-order chi connectivity index (χ1) is 9.85.